The van der Waals surface area contributed by atoms with Gasteiger partial charge in [-0.15, -0.1) is 0 Å². The summed E-state index contributed by atoms with van der Waals surface area (Å²) in [6.07, 6.45) is 0. The van der Waals surface area contributed by atoms with Crippen LogP contribution in [0.1, 0.15) is 31.1 Å². The van der Waals surface area contributed by atoms with Crippen LogP contribution >= 0.6 is 0 Å². The molecular formula is C36H60O16. The lowest BCUT2D eigenvalue weighted by molar-refractivity contribution is -0.160. The molecule has 0 heterocycles. The zero-order valence-electron chi connectivity index (χ0n) is 31.2. The molecule has 0 saturated heterocycles. The molecule has 0 aliphatic rings. The Morgan fingerprint density at radius 2 is 0.712 bits per heavy atom. The summed E-state index contributed by atoms with van der Waals surface area (Å²) in [5, 5.41) is 0. The van der Waals surface area contributed by atoms with E-state index >= 15 is 0 Å². The quantitative estimate of drug-likeness (QED) is 0.0418. The fourth-order valence-corrected chi connectivity index (χ4v) is 3.69. The second kappa shape index (κ2) is 34.2. The van der Waals surface area contributed by atoms with Crippen molar-refractivity contribution < 1.29 is 76.0 Å². The van der Waals surface area contributed by atoms with E-state index in [0.717, 1.165) is 0 Å². The Bertz CT molecular complexity index is 988. The number of esters is 2. The number of hydrogen-bond acceptors (Lipinski definition) is 16. The molecule has 16 heteroatoms. The van der Waals surface area contributed by atoms with Crippen LogP contribution in [0.3, 0.4) is 0 Å². The third-order valence-electron chi connectivity index (χ3n) is 6.04. The Labute approximate surface area is 307 Å². The first kappa shape index (κ1) is 47.4. The maximum atomic E-state index is 11.9. The second-order valence-corrected chi connectivity index (χ2v) is 11.6. The van der Waals surface area contributed by atoms with Crippen LogP contribution in [0.15, 0.2) is 30.3 Å². The topological polar surface area (TPSA) is 171 Å². The first-order valence-electron chi connectivity index (χ1n) is 17.6. The van der Waals surface area contributed by atoms with E-state index in [2.05, 4.69) is 0 Å². The van der Waals surface area contributed by atoms with Gasteiger partial charge in [0.25, 0.3) is 5.78 Å². The summed E-state index contributed by atoms with van der Waals surface area (Å²) in [5.74, 6) is -1.98. The van der Waals surface area contributed by atoms with Crippen LogP contribution < -0.4 is 0 Å². The smallest absolute Gasteiger partial charge is 0.379 e. The van der Waals surface area contributed by atoms with Crippen molar-refractivity contribution in [3.8, 4) is 0 Å². The van der Waals surface area contributed by atoms with E-state index in [4.69, 9.17) is 61.6 Å². The molecule has 52 heavy (non-hydrogen) atoms. The summed E-state index contributed by atoms with van der Waals surface area (Å²) >= 11 is 0. The van der Waals surface area contributed by atoms with Crippen molar-refractivity contribution in [1.29, 1.82) is 0 Å². The maximum Gasteiger partial charge on any atom is 0.379 e. The molecule has 0 saturated carbocycles. The molecule has 300 valence electrons. The molecule has 0 aromatic heterocycles. The van der Waals surface area contributed by atoms with Gasteiger partial charge in [0.05, 0.1) is 139 Å². The SMILES string of the molecule is CC(C)(C)OC(=O)COCCOCCOCCOCCOCCOCCOCCOCCOCCOCCOCCOC(=O)C(=O)c1ccccc1. The van der Waals surface area contributed by atoms with E-state index in [9.17, 15) is 14.4 Å². The number of ketones is 1. The zero-order chi connectivity index (χ0) is 37.8. The van der Waals surface area contributed by atoms with Gasteiger partial charge in [-0.2, -0.15) is 0 Å². The highest BCUT2D eigenvalue weighted by Gasteiger charge is 2.17. The number of carbonyl (C=O) groups excluding carboxylic acids is 3. The van der Waals surface area contributed by atoms with Crippen LogP contribution in [0, 0.1) is 0 Å². The maximum absolute atomic E-state index is 11.9. The minimum absolute atomic E-state index is 0.00836. The fourth-order valence-electron chi connectivity index (χ4n) is 3.69. The molecule has 0 bridgehead atoms. The summed E-state index contributed by atoms with van der Waals surface area (Å²) in [6, 6.07) is 8.24. The van der Waals surface area contributed by atoms with Gasteiger partial charge in [0.1, 0.15) is 18.8 Å². The van der Waals surface area contributed by atoms with Gasteiger partial charge in [0, 0.05) is 5.56 Å². The van der Waals surface area contributed by atoms with Gasteiger partial charge in [-0.1, -0.05) is 30.3 Å². The van der Waals surface area contributed by atoms with Crippen molar-refractivity contribution >= 4 is 17.7 Å². The average molecular weight is 749 g/mol. The van der Waals surface area contributed by atoms with Crippen molar-refractivity contribution in [1.82, 2.24) is 0 Å². The van der Waals surface area contributed by atoms with Crippen molar-refractivity contribution in [2.75, 3.05) is 152 Å². The summed E-state index contributed by atoms with van der Waals surface area (Å²) in [5.41, 5.74) is -0.228. The van der Waals surface area contributed by atoms with E-state index in [1.807, 2.05) is 20.8 Å². The highest BCUT2D eigenvalue weighted by Crippen LogP contribution is 2.06. The number of ether oxygens (including phenoxy) is 13. The molecule has 1 aromatic carbocycles. The third kappa shape index (κ3) is 32.1. The summed E-state index contributed by atoms with van der Waals surface area (Å²) in [6.45, 7) is 14.2. The molecule has 0 spiro atoms. The monoisotopic (exact) mass is 748 g/mol. The molecule has 0 fully saturated rings. The zero-order valence-corrected chi connectivity index (χ0v) is 31.2. The minimum atomic E-state index is -0.902. The number of hydrogen-bond donors (Lipinski definition) is 0. The van der Waals surface area contributed by atoms with Crippen molar-refractivity contribution in [3.63, 3.8) is 0 Å². The van der Waals surface area contributed by atoms with Crippen LogP contribution in [-0.4, -0.2) is 175 Å². The fraction of sp³-hybridized carbons (Fsp3) is 0.750. The van der Waals surface area contributed by atoms with Gasteiger partial charge < -0.3 is 61.6 Å². The van der Waals surface area contributed by atoms with Crippen molar-refractivity contribution in [3.05, 3.63) is 35.9 Å². The van der Waals surface area contributed by atoms with Gasteiger partial charge in [0.2, 0.25) is 0 Å². The first-order chi connectivity index (χ1) is 25.3. The Balaban J connectivity index is 1.67. The summed E-state index contributed by atoms with van der Waals surface area (Å²) in [4.78, 5) is 35.1. The Hall–Kier alpha value is -2.61. The largest absolute Gasteiger partial charge is 0.458 e. The van der Waals surface area contributed by atoms with Gasteiger partial charge in [-0.3, -0.25) is 4.79 Å². The molecule has 0 aliphatic heterocycles. The Morgan fingerprint density at radius 3 is 1.02 bits per heavy atom. The minimum Gasteiger partial charge on any atom is -0.458 e. The van der Waals surface area contributed by atoms with Crippen LogP contribution in [-0.2, 0) is 71.2 Å². The van der Waals surface area contributed by atoms with E-state index < -0.39 is 23.3 Å². The molecule has 16 nitrogen and oxygen atoms in total. The lowest BCUT2D eigenvalue weighted by Crippen LogP contribution is -2.27. The number of benzene rings is 1. The molecule has 1 rings (SSSR count). The van der Waals surface area contributed by atoms with E-state index in [1.165, 1.54) is 0 Å². The van der Waals surface area contributed by atoms with E-state index in [1.54, 1.807) is 30.3 Å². The lowest BCUT2D eigenvalue weighted by atomic mass is 10.1. The van der Waals surface area contributed by atoms with Crippen LogP contribution in [0.4, 0.5) is 0 Å². The normalized spacial score (nSPS) is 11.5. The molecule has 0 aliphatic carbocycles. The molecule has 0 amide bonds. The van der Waals surface area contributed by atoms with E-state index in [0.29, 0.717) is 138 Å². The summed E-state index contributed by atoms with van der Waals surface area (Å²) < 4.78 is 69.6. The van der Waals surface area contributed by atoms with E-state index in [-0.39, 0.29) is 19.8 Å². The molecule has 0 atom stereocenters. The number of carbonyl (C=O) groups is 3. The Kier molecular flexibility index (Phi) is 31.2. The molecular weight excluding hydrogens is 688 g/mol. The van der Waals surface area contributed by atoms with Gasteiger partial charge in [0.15, 0.2) is 0 Å². The van der Waals surface area contributed by atoms with Crippen molar-refractivity contribution in [2.45, 2.75) is 26.4 Å². The Morgan fingerprint density at radius 1 is 0.423 bits per heavy atom. The van der Waals surface area contributed by atoms with Gasteiger partial charge in [-0.05, 0) is 20.8 Å². The lowest BCUT2D eigenvalue weighted by Gasteiger charge is -2.19. The third-order valence-corrected chi connectivity index (χ3v) is 6.04. The molecule has 0 radical (unpaired) electrons. The number of rotatable bonds is 37. The predicted octanol–water partition coefficient (Wildman–Crippen LogP) is 1.94. The first-order valence-corrected chi connectivity index (χ1v) is 17.6. The predicted molar refractivity (Wildman–Crippen MR) is 187 cm³/mol. The van der Waals surface area contributed by atoms with Crippen LogP contribution in [0.2, 0.25) is 0 Å². The highest BCUT2D eigenvalue weighted by atomic mass is 16.6. The van der Waals surface area contributed by atoms with Crippen LogP contribution in [0.5, 0.6) is 0 Å². The molecule has 0 N–H and O–H groups in total. The van der Waals surface area contributed by atoms with Gasteiger partial charge in [-0.25, -0.2) is 9.59 Å². The van der Waals surface area contributed by atoms with Gasteiger partial charge >= 0.3 is 11.9 Å². The average Bonchev–Trinajstić information content (AvgIpc) is 3.12. The number of Topliss-reactive ketones (excluding diaryl/α,β-unsaturated/α-hetero) is 1. The van der Waals surface area contributed by atoms with Crippen LogP contribution in [0.25, 0.3) is 0 Å². The van der Waals surface area contributed by atoms with Crippen molar-refractivity contribution in [2.24, 2.45) is 0 Å². The summed E-state index contributed by atoms with van der Waals surface area (Å²) in [7, 11) is 0. The molecule has 1 aromatic rings. The second-order valence-electron chi connectivity index (χ2n) is 11.6. The standard InChI is InChI=1S/C36H60O16/c1-36(2,3)52-33(37)31-50-28-27-48-24-23-46-20-19-44-16-15-42-12-11-40-9-10-41-13-14-43-17-18-45-21-22-47-25-26-49-29-30-51-35(39)34(38)32-7-5-4-6-8-32/h4-8H,9-31H2,1-3H3. The molecule has 0 unspecified atom stereocenters. The highest BCUT2D eigenvalue weighted by molar-refractivity contribution is 6.40.